The summed E-state index contributed by atoms with van der Waals surface area (Å²) >= 11 is 1.28. The van der Waals surface area contributed by atoms with Gasteiger partial charge in [-0.15, -0.1) is 11.3 Å². The molecule has 4 rings (SSSR count). The van der Waals surface area contributed by atoms with Gasteiger partial charge in [0.05, 0.1) is 39.8 Å². The molecule has 1 aliphatic heterocycles. The van der Waals surface area contributed by atoms with Crippen molar-refractivity contribution >= 4 is 28.8 Å². The number of aryl methyl sites for hydroxylation is 1. The largest absolute Gasteiger partial charge is 0.442 e. The maximum Gasteiger partial charge on any atom is 0.410 e. The highest BCUT2D eigenvalue weighted by Gasteiger charge is 2.34. The number of anilines is 2. The van der Waals surface area contributed by atoms with Crippen LogP contribution >= 0.6 is 11.3 Å². The Balaban J connectivity index is 1.55. The average molecular weight is 491 g/mol. The molecule has 1 aromatic carbocycles. The van der Waals surface area contributed by atoms with Gasteiger partial charge < -0.3 is 25.9 Å². The van der Waals surface area contributed by atoms with Crippen LogP contribution in [0.3, 0.4) is 0 Å². The number of nitrogen functional groups attached to an aromatic ring is 2. The van der Waals surface area contributed by atoms with Gasteiger partial charge >= 0.3 is 6.09 Å². The molecule has 6 N–H and O–H groups in total. The minimum Gasteiger partial charge on any atom is -0.442 e. The molecule has 1 aliphatic rings. The minimum atomic E-state index is -0.908. The van der Waals surface area contributed by atoms with Crippen molar-refractivity contribution in [2.24, 2.45) is 5.84 Å². The molecule has 1 unspecified atom stereocenters. The molecule has 2 aromatic heterocycles. The summed E-state index contributed by atoms with van der Waals surface area (Å²) in [5, 5.41) is 10.6. The number of carbonyl (C=O) groups is 1. The first-order chi connectivity index (χ1) is 16.1. The van der Waals surface area contributed by atoms with E-state index < -0.39 is 29.0 Å². The van der Waals surface area contributed by atoms with Crippen LogP contribution < -0.4 is 17.0 Å². The van der Waals surface area contributed by atoms with E-state index in [0.29, 0.717) is 34.2 Å². The van der Waals surface area contributed by atoms with Crippen LogP contribution in [0.2, 0.25) is 0 Å². The fourth-order valence-corrected chi connectivity index (χ4v) is 4.69. The van der Waals surface area contributed by atoms with Crippen LogP contribution in [0.5, 0.6) is 0 Å². The number of ether oxygens (including phenoxy) is 1. The van der Waals surface area contributed by atoms with E-state index in [1.165, 1.54) is 16.2 Å². The molecule has 0 spiro atoms. The van der Waals surface area contributed by atoms with E-state index in [2.05, 4.69) is 15.4 Å². The van der Waals surface area contributed by atoms with Crippen LogP contribution in [0.4, 0.5) is 25.0 Å². The molecule has 1 saturated heterocycles. The van der Waals surface area contributed by atoms with Crippen molar-refractivity contribution in [1.29, 1.82) is 0 Å². The smallest absolute Gasteiger partial charge is 0.410 e. The summed E-state index contributed by atoms with van der Waals surface area (Å²) in [6.45, 7) is 4.06. The average Bonchev–Trinajstić information content (AvgIpc) is 3.36. The molecule has 9 nitrogen and oxygen atoms in total. The van der Waals surface area contributed by atoms with E-state index in [4.69, 9.17) is 16.3 Å². The van der Waals surface area contributed by atoms with Crippen LogP contribution in [0.1, 0.15) is 24.0 Å². The Hall–Kier alpha value is -3.35. The van der Waals surface area contributed by atoms with Crippen molar-refractivity contribution in [3.8, 4) is 21.8 Å². The number of hydrogen-bond acceptors (Lipinski definition) is 9. The number of hydrazine groups is 1. The number of rotatable bonds is 5. The first-order valence-corrected chi connectivity index (χ1v) is 11.2. The molecule has 1 atom stereocenters. The molecule has 1 amide bonds. The predicted octanol–water partition coefficient (Wildman–Crippen LogP) is 3.42. The normalized spacial score (nSPS) is 17.8. The topological polar surface area (TPSA) is 140 Å². The number of hydrogen-bond donors (Lipinski definition) is 4. The second-order valence-corrected chi connectivity index (χ2v) is 9.39. The number of pyridine rings is 1. The Morgan fingerprint density at radius 1 is 1.35 bits per heavy atom. The van der Waals surface area contributed by atoms with Crippen LogP contribution in [-0.2, 0) is 11.3 Å². The Bertz CT molecular complexity index is 1250. The first kappa shape index (κ1) is 23.8. The third-order valence-corrected chi connectivity index (χ3v) is 6.68. The van der Waals surface area contributed by atoms with Gasteiger partial charge in [-0.3, -0.25) is 5.84 Å². The molecule has 180 valence electrons. The van der Waals surface area contributed by atoms with E-state index in [1.807, 2.05) is 0 Å². The van der Waals surface area contributed by atoms with Gasteiger partial charge in [-0.1, -0.05) is 6.07 Å². The van der Waals surface area contributed by atoms with E-state index in [1.54, 1.807) is 32.0 Å². The molecule has 3 aromatic rings. The maximum absolute atomic E-state index is 14.9. The molecule has 0 bridgehead atoms. The number of benzene rings is 1. The van der Waals surface area contributed by atoms with E-state index in [-0.39, 0.29) is 30.1 Å². The van der Waals surface area contributed by atoms with Gasteiger partial charge in [0.25, 0.3) is 0 Å². The second-order valence-electron chi connectivity index (χ2n) is 8.31. The number of likely N-dealkylation sites (tertiary alicyclic amines) is 1. The zero-order valence-electron chi connectivity index (χ0n) is 18.6. The Morgan fingerprint density at radius 3 is 2.76 bits per heavy atom. The highest BCUT2D eigenvalue weighted by Crippen LogP contribution is 2.35. The van der Waals surface area contributed by atoms with Gasteiger partial charge in [0.15, 0.2) is 5.82 Å². The van der Waals surface area contributed by atoms with Crippen molar-refractivity contribution in [1.82, 2.24) is 14.9 Å². The minimum absolute atomic E-state index is 0.0357. The Kier molecular flexibility index (Phi) is 6.39. The van der Waals surface area contributed by atoms with Gasteiger partial charge in [-0.05, 0) is 38.5 Å². The van der Waals surface area contributed by atoms with Gasteiger partial charge in [0.1, 0.15) is 23.1 Å². The third kappa shape index (κ3) is 4.65. The summed E-state index contributed by atoms with van der Waals surface area (Å²) in [4.78, 5) is 23.4. The first-order valence-electron chi connectivity index (χ1n) is 10.4. The van der Waals surface area contributed by atoms with Crippen molar-refractivity contribution in [3.05, 3.63) is 46.6 Å². The number of aromatic nitrogens is 2. The summed E-state index contributed by atoms with van der Waals surface area (Å²) in [6.07, 6.45) is -0.0242. The van der Waals surface area contributed by atoms with E-state index >= 15 is 0 Å². The molecule has 0 saturated carbocycles. The number of nitrogens with zero attached hydrogens (tertiary/aromatic N) is 3. The van der Waals surface area contributed by atoms with Crippen LogP contribution in [0.15, 0.2) is 24.3 Å². The third-order valence-electron chi connectivity index (χ3n) is 5.53. The number of nitrogens with two attached hydrogens (primary N) is 2. The fraction of sp³-hybridized carbons (Fsp3) is 0.318. The second kappa shape index (κ2) is 9.12. The summed E-state index contributed by atoms with van der Waals surface area (Å²) in [5.74, 6) is 3.66. The SMILES string of the molecule is Cc1nc(COC(=O)N2CCC(C)(O)C2)sc1-c1cccc(-c2cc(F)c(N)c(NN)c2F)n1. The molecule has 34 heavy (non-hydrogen) atoms. The van der Waals surface area contributed by atoms with E-state index in [0.717, 1.165) is 6.07 Å². The Labute approximate surface area is 198 Å². The monoisotopic (exact) mass is 490 g/mol. The van der Waals surface area contributed by atoms with E-state index in [9.17, 15) is 18.7 Å². The number of nitrogens with one attached hydrogen (secondary N) is 1. The molecule has 0 aliphatic carbocycles. The maximum atomic E-state index is 14.9. The highest BCUT2D eigenvalue weighted by atomic mass is 32.1. The van der Waals surface area contributed by atoms with Crippen molar-refractivity contribution in [2.45, 2.75) is 32.5 Å². The lowest BCUT2D eigenvalue weighted by Gasteiger charge is -2.18. The van der Waals surface area contributed by atoms with Crippen LogP contribution in [-0.4, -0.2) is 44.8 Å². The zero-order chi connectivity index (χ0) is 24.6. The number of β-amino-alcohol motifs (C(OH)–C–C–N with tert-alkyl or cyclic N) is 1. The molecule has 0 radical (unpaired) electrons. The lowest BCUT2D eigenvalue weighted by atomic mass is 10.1. The lowest BCUT2D eigenvalue weighted by molar-refractivity contribution is 0.0589. The standard InChI is InChI=1S/C22H24F2N6O3S/c1-11-20(34-16(27-11)9-33-21(31)30-7-6-22(2,32)10-30)15-5-3-4-14(28-15)12-8-13(23)18(25)19(29-26)17(12)24/h3-5,8,29,32H,6-7,9-10,25-26H2,1-2H3. The number of amides is 1. The number of carbonyl (C=O) groups excluding carboxylic acids is 1. The molecular formula is C22H24F2N6O3S. The molecule has 12 heteroatoms. The van der Waals surface area contributed by atoms with Gasteiger partial charge in [-0.25, -0.2) is 23.5 Å². The summed E-state index contributed by atoms with van der Waals surface area (Å²) < 4.78 is 34.4. The Morgan fingerprint density at radius 2 is 2.09 bits per heavy atom. The lowest BCUT2D eigenvalue weighted by Crippen LogP contribution is -2.34. The van der Waals surface area contributed by atoms with Crippen LogP contribution in [0.25, 0.3) is 21.8 Å². The highest BCUT2D eigenvalue weighted by molar-refractivity contribution is 7.15. The summed E-state index contributed by atoms with van der Waals surface area (Å²) in [7, 11) is 0. The summed E-state index contributed by atoms with van der Waals surface area (Å²) in [6, 6.07) is 5.90. The quantitative estimate of drug-likeness (QED) is 0.242. The summed E-state index contributed by atoms with van der Waals surface area (Å²) in [5.41, 5.74) is 7.20. The predicted molar refractivity (Wildman–Crippen MR) is 125 cm³/mol. The van der Waals surface area contributed by atoms with Gasteiger partial charge in [0.2, 0.25) is 0 Å². The zero-order valence-corrected chi connectivity index (χ0v) is 19.4. The number of aliphatic hydroxyl groups is 1. The van der Waals surface area contributed by atoms with Crippen molar-refractivity contribution in [3.63, 3.8) is 0 Å². The van der Waals surface area contributed by atoms with Gasteiger partial charge in [-0.2, -0.15) is 0 Å². The van der Waals surface area contributed by atoms with Crippen LogP contribution in [0, 0.1) is 18.6 Å². The van der Waals surface area contributed by atoms with Crippen molar-refractivity contribution < 1.29 is 23.4 Å². The molecule has 3 heterocycles. The van der Waals surface area contributed by atoms with Gasteiger partial charge in [0, 0.05) is 12.1 Å². The fourth-order valence-electron chi connectivity index (χ4n) is 3.75. The number of halogens is 2. The van der Waals surface area contributed by atoms with Crippen molar-refractivity contribution in [2.75, 3.05) is 24.2 Å². The molecular weight excluding hydrogens is 466 g/mol. The number of thiazole rings is 1. The molecule has 1 fully saturated rings.